The molecule has 2 N–H and O–H groups in total. The van der Waals surface area contributed by atoms with Gasteiger partial charge >= 0.3 is 0 Å². The number of carbonyl (C=O) groups excluding carboxylic acids is 1. The number of carbonyl (C=O) groups is 1. The summed E-state index contributed by atoms with van der Waals surface area (Å²) in [5.74, 6) is 0.149. The Balaban J connectivity index is 1.93. The summed E-state index contributed by atoms with van der Waals surface area (Å²) in [4.78, 5) is 17.6. The molecule has 0 spiro atoms. The highest BCUT2D eigenvalue weighted by atomic mass is 16.2. The van der Waals surface area contributed by atoms with E-state index in [4.69, 9.17) is 5.73 Å². The molecule has 0 bridgehead atoms. The van der Waals surface area contributed by atoms with Crippen molar-refractivity contribution in [3.63, 3.8) is 0 Å². The van der Waals surface area contributed by atoms with Crippen LogP contribution in [0.15, 0.2) is 24.5 Å². The number of aromatic nitrogens is 1. The van der Waals surface area contributed by atoms with Crippen molar-refractivity contribution in [1.82, 2.24) is 9.88 Å². The van der Waals surface area contributed by atoms with Gasteiger partial charge in [0.1, 0.15) is 0 Å². The van der Waals surface area contributed by atoms with Crippen LogP contribution in [0, 0.1) is 0 Å². The van der Waals surface area contributed by atoms with E-state index >= 15 is 0 Å². The van der Waals surface area contributed by atoms with E-state index in [1.807, 2.05) is 17.0 Å². The molecule has 80 valence electrons. The van der Waals surface area contributed by atoms with Gasteiger partial charge in [0, 0.05) is 31.5 Å². The minimum atomic E-state index is 0.149. The number of rotatable bonds is 2. The maximum Gasteiger partial charge on any atom is 0.227 e. The van der Waals surface area contributed by atoms with Crippen LogP contribution in [-0.2, 0) is 11.2 Å². The van der Waals surface area contributed by atoms with E-state index in [1.165, 1.54) is 0 Å². The number of hydrogen-bond donors (Lipinski definition) is 1. The first-order valence-corrected chi connectivity index (χ1v) is 5.18. The lowest BCUT2D eigenvalue weighted by atomic mass is 10.2. The van der Waals surface area contributed by atoms with Crippen LogP contribution in [0.3, 0.4) is 0 Å². The van der Waals surface area contributed by atoms with Gasteiger partial charge in [0.05, 0.1) is 6.42 Å². The quantitative estimate of drug-likeness (QED) is 0.749. The smallest absolute Gasteiger partial charge is 0.227 e. The van der Waals surface area contributed by atoms with Gasteiger partial charge in [-0.05, 0) is 18.1 Å². The first kappa shape index (κ1) is 10.1. The summed E-state index contributed by atoms with van der Waals surface area (Å²) < 4.78 is 0. The third-order valence-corrected chi connectivity index (χ3v) is 2.66. The fourth-order valence-electron chi connectivity index (χ4n) is 1.80. The third-order valence-electron chi connectivity index (χ3n) is 2.66. The van der Waals surface area contributed by atoms with Gasteiger partial charge in [0.25, 0.3) is 0 Å². The van der Waals surface area contributed by atoms with Crippen LogP contribution in [0.4, 0.5) is 0 Å². The summed E-state index contributed by atoms with van der Waals surface area (Å²) in [6, 6.07) is 3.92. The standard InChI is InChI=1S/C11H15N3O/c12-10-3-5-14(8-10)11(15)6-9-2-1-4-13-7-9/h1-2,4,7,10H,3,5-6,8,12H2/t10-/m1/s1. The molecule has 4 heteroatoms. The summed E-state index contributed by atoms with van der Waals surface area (Å²) in [6.07, 6.45) is 4.78. The van der Waals surface area contributed by atoms with Crippen LogP contribution in [-0.4, -0.2) is 34.9 Å². The molecule has 0 saturated carbocycles. The molecule has 1 saturated heterocycles. The lowest BCUT2D eigenvalue weighted by molar-refractivity contribution is -0.129. The Morgan fingerprint density at radius 1 is 1.67 bits per heavy atom. The Bertz CT molecular complexity index is 339. The molecule has 2 rings (SSSR count). The molecular weight excluding hydrogens is 190 g/mol. The SMILES string of the molecule is N[C@@H]1CCN(C(=O)Cc2cccnc2)C1. The van der Waals surface area contributed by atoms with Crippen LogP contribution < -0.4 is 5.73 Å². The summed E-state index contributed by atoms with van der Waals surface area (Å²) in [6.45, 7) is 1.49. The summed E-state index contributed by atoms with van der Waals surface area (Å²) in [5.41, 5.74) is 6.71. The Morgan fingerprint density at radius 3 is 3.13 bits per heavy atom. The highest BCUT2D eigenvalue weighted by molar-refractivity contribution is 5.79. The van der Waals surface area contributed by atoms with Crippen molar-refractivity contribution in [3.8, 4) is 0 Å². The lowest BCUT2D eigenvalue weighted by Crippen LogP contribution is -2.32. The summed E-state index contributed by atoms with van der Waals surface area (Å²) >= 11 is 0. The summed E-state index contributed by atoms with van der Waals surface area (Å²) in [7, 11) is 0. The van der Waals surface area contributed by atoms with Crippen molar-refractivity contribution in [1.29, 1.82) is 0 Å². The molecule has 1 amide bonds. The maximum absolute atomic E-state index is 11.8. The fraction of sp³-hybridized carbons (Fsp3) is 0.455. The second-order valence-corrected chi connectivity index (χ2v) is 3.93. The number of amides is 1. The van der Waals surface area contributed by atoms with Crippen molar-refractivity contribution >= 4 is 5.91 Å². The Morgan fingerprint density at radius 2 is 2.53 bits per heavy atom. The normalized spacial score (nSPS) is 20.6. The molecule has 1 aliphatic heterocycles. The predicted octanol–water partition coefficient (Wildman–Crippen LogP) is 0.184. The zero-order valence-corrected chi connectivity index (χ0v) is 8.60. The predicted molar refractivity (Wildman–Crippen MR) is 57.1 cm³/mol. The van der Waals surface area contributed by atoms with Crippen LogP contribution in [0.25, 0.3) is 0 Å². The lowest BCUT2D eigenvalue weighted by Gasteiger charge is -2.15. The molecule has 1 atom stereocenters. The molecule has 1 aromatic heterocycles. The number of pyridine rings is 1. The molecule has 1 fully saturated rings. The average Bonchev–Trinajstić information content (AvgIpc) is 2.66. The third kappa shape index (κ3) is 2.53. The fourth-order valence-corrected chi connectivity index (χ4v) is 1.80. The van der Waals surface area contributed by atoms with Crippen molar-refractivity contribution in [2.45, 2.75) is 18.9 Å². The molecule has 0 unspecified atom stereocenters. The molecule has 0 radical (unpaired) electrons. The molecule has 2 heterocycles. The molecule has 1 aromatic rings. The minimum Gasteiger partial charge on any atom is -0.341 e. The largest absolute Gasteiger partial charge is 0.341 e. The van der Waals surface area contributed by atoms with E-state index in [-0.39, 0.29) is 11.9 Å². The molecule has 15 heavy (non-hydrogen) atoms. The zero-order chi connectivity index (χ0) is 10.7. The molecule has 0 aliphatic carbocycles. The second kappa shape index (κ2) is 4.40. The first-order chi connectivity index (χ1) is 7.25. The van der Waals surface area contributed by atoms with Gasteiger partial charge in [-0.2, -0.15) is 0 Å². The van der Waals surface area contributed by atoms with E-state index in [2.05, 4.69) is 4.98 Å². The topological polar surface area (TPSA) is 59.2 Å². The van der Waals surface area contributed by atoms with Gasteiger partial charge in [-0.3, -0.25) is 9.78 Å². The minimum absolute atomic E-state index is 0.149. The molecular formula is C11H15N3O. The van der Waals surface area contributed by atoms with E-state index in [1.54, 1.807) is 12.4 Å². The van der Waals surface area contributed by atoms with Crippen LogP contribution in [0.5, 0.6) is 0 Å². The molecule has 1 aliphatic rings. The highest BCUT2D eigenvalue weighted by Crippen LogP contribution is 2.09. The average molecular weight is 205 g/mol. The van der Waals surface area contributed by atoms with Crippen molar-refractivity contribution in [2.75, 3.05) is 13.1 Å². The second-order valence-electron chi connectivity index (χ2n) is 3.93. The van der Waals surface area contributed by atoms with Gasteiger partial charge < -0.3 is 10.6 Å². The number of nitrogens with two attached hydrogens (primary N) is 1. The highest BCUT2D eigenvalue weighted by Gasteiger charge is 2.23. The number of hydrogen-bond acceptors (Lipinski definition) is 3. The van der Waals surface area contributed by atoms with E-state index in [0.717, 1.165) is 18.5 Å². The number of likely N-dealkylation sites (tertiary alicyclic amines) is 1. The molecule has 0 aromatic carbocycles. The Hall–Kier alpha value is -1.42. The van der Waals surface area contributed by atoms with Gasteiger partial charge in [-0.1, -0.05) is 6.07 Å². The zero-order valence-electron chi connectivity index (χ0n) is 8.60. The maximum atomic E-state index is 11.8. The van der Waals surface area contributed by atoms with Crippen molar-refractivity contribution in [3.05, 3.63) is 30.1 Å². The van der Waals surface area contributed by atoms with Crippen LogP contribution in [0.1, 0.15) is 12.0 Å². The van der Waals surface area contributed by atoms with E-state index in [0.29, 0.717) is 13.0 Å². The van der Waals surface area contributed by atoms with Crippen LogP contribution >= 0.6 is 0 Å². The van der Waals surface area contributed by atoms with Gasteiger partial charge in [-0.15, -0.1) is 0 Å². The van der Waals surface area contributed by atoms with E-state index in [9.17, 15) is 4.79 Å². The van der Waals surface area contributed by atoms with Gasteiger partial charge in [-0.25, -0.2) is 0 Å². The van der Waals surface area contributed by atoms with Crippen molar-refractivity contribution < 1.29 is 4.79 Å². The Kier molecular flexibility index (Phi) is 2.97. The number of nitrogens with zero attached hydrogens (tertiary/aromatic N) is 2. The van der Waals surface area contributed by atoms with Gasteiger partial charge in [0.2, 0.25) is 5.91 Å². The monoisotopic (exact) mass is 205 g/mol. The van der Waals surface area contributed by atoms with Crippen LogP contribution in [0.2, 0.25) is 0 Å². The van der Waals surface area contributed by atoms with Gasteiger partial charge in [0.15, 0.2) is 0 Å². The Labute approximate surface area is 89.1 Å². The first-order valence-electron chi connectivity index (χ1n) is 5.18. The van der Waals surface area contributed by atoms with Crippen molar-refractivity contribution in [2.24, 2.45) is 5.73 Å². The van der Waals surface area contributed by atoms with E-state index < -0.39 is 0 Å². The molecule has 4 nitrogen and oxygen atoms in total. The summed E-state index contributed by atoms with van der Waals surface area (Å²) in [5, 5.41) is 0.